The van der Waals surface area contributed by atoms with E-state index in [2.05, 4.69) is 5.32 Å². The van der Waals surface area contributed by atoms with Gasteiger partial charge in [-0.1, -0.05) is 0 Å². The average molecular weight is 355 g/mol. The molecule has 1 aliphatic rings. The molecule has 0 saturated carbocycles. The zero-order valence-corrected chi connectivity index (χ0v) is 14.5. The molecule has 1 heterocycles. The van der Waals surface area contributed by atoms with E-state index in [0.717, 1.165) is 0 Å². The van der Waals surface area contributed by atoms with Crippen LogP contribution in [0.1, 0.15) is 30.6 Å². The van der Waals surface area contributed by atoms with Crippen LogP contribution in [0.3, 0.4) is 0 Å². The third-order valence-electron chi connectivity index (χ3n) is 3.68. The van der Waals surface area contributed by atoms with E-state index in [9.17, 15) is 18.0 Å². The van der Waals surface area contributed by atoms with Crippen molar-refractivity contribution < 1.29 is 27.5 Å². The Balaban J connectivity index is 1.84. The Hall–Kier alpha value is -2.09. The Kier molecular flexibility index (Phi) is 5.48. The predicted molar refractivity (Wildman–Crippen MR) is 87.7 cm³/mol. The van der Waals surface area contributed by atoms with Crippen LogP contribution >= 0.6 is 0 Å². The maximum Gasteiger partial charge on any atom is 0.338 e. The predicted octanol–water partition coefficient (Wildman–Crippen LogP) is 0.936. The van der Waals surface area contributed by atoms with Crippen LogP contribution in [0, 0.1) is 0 Å². The fraction of sp³-hybridized carbons (Fsp3) is 0.500. The number of nitrogens with one attached hydrogen (secondary N) is 1. The molecule has 0 radical (unpaired) electrons. The van der Waals surface area contributed by atoms with Gasteiger partial charge in [0.1, 0.15) is 5.75 Å². The van der Waals surface area contributed by atoms with Gasteiger partial charge in [0.25, 0.3) is 5.91 Å². The van der Waals surface area contributed by atoms with Crippen molar-refractivity contribution in [3.63, 3.8) is 0 Å². The summed E-state index contributed by atoms with van der Waals surface area (Å²) in [6.07, 6.45) is 0.355. The van der Waals surface area contributed by atoms with Gasteiger partial charge in [-0.05, 0) is 44.5 Å². The lowest BCUT2D eigenvalue weighted by molar-refractivity contribution is -0.125. The summed E-state index contributed by atoms with van der Waals surface area (Å²) in [5.41, 5.74) is -0.498. The minimum Gasteiger partial charge on any atom is -0.494 e. The van der Waals surface area contributed by atoms with E-state index >= 15 is 0 Å². The second-order valence-electron chi connectivity index (χ2n) is 5.98. The Labute approximate surface area is 141 Å². The molecule has 1 aromatic rings. The van der Waals surface area contributed by atoms with Gasteiger partial charge in [-0.25, -0.2) is 13.2 Å². The Morgan fingerprint density at radius 3 is 2.46 bits per heavy atom. The number of rotatable bonds is 6. The topological polar surface area (TPSA) is 98.8 Å². The highest BCUT2D eigenvalue weighted by Gasteiger charge is 2.39. The van der Waals surface area contributed by atoms with E-state index in [1.807, 2.05) is 6.92 Å². The van der Waals surface area contributed by atoms with Gasteiger partial charge in [-0.3, -0.25) is 4.79 Å². The first-order valence-electron chi connectivity index (χ1n) is 7.64. The molecule has 1 fully saturated rings. The van der Waals surface area contributed by atoms with E-state index in [4.69, 9.17) is 9.47 Å². The molecule has 1 atom stereocenters. The maximum atomic E-state index is 11.9. The Morgan fingerprint density at radius 1 is 1.25 bits per heavy atom. The maximum absolute atomic E-state index is 11.9. The molecule has 0 bridgehead atoms. The van der Waals surface area contributed by atoms with Gasteiger partial charge in [0.2, 0.25) is 0 Å². The summed E-state index contributed by atoms with van der Waals surface area (Å²) in [6.45, 7) is 3.60. The summed E-state index contributed by atoms with van der Waals surface area (Å²) in [5, 5.41) is 2.63. The lowest BCUT2D eigenvalue weighted by Crippen LogP contribution is -2.48. The normalized spacial score (nSPS) is 21.9. The zero-order chi connectivity index (χ0) is 17.8. The first kappa shape index (κ1) is 18.3. The van der Waals surface area contributed by atoms with Crippen molar-refractivity contribution in [2.75, 3.05) is 24.7 Å². The average Bonchev–Trinajstić information content (AvgIpc) is 2.79. The number of hydrogen-bond acceptors (Lipinski definition) is 6. The fourth-order valence-corrected chi connectivity index (χ4v) is 4.64. The number of amides is 1. The first-order chi connectivity index (χ1) is 11.2. The standard InChI is InChI=1S/C16H21NO6S/c1-3-22-13-6-4-12(5-7-13)15(19)23-10-14(18)17-16(2)8-9-24(20,21)11-16/h4-7H,3,8-11H2,1-2H3,(H,17,18)/t16-/m1/s1. The molecule has 1 saturated heterocycles. The van der Waals surface area contributed by atoms with Gasteiger partial charge < -0.3 is 14.8 Å². The molecule has 1 aromatic carbocycles. The lowest BCUT2D eigenvalue weighted by Gasteiger charge is -2.23. The van der Waals surface area contributed by atoms with Crippen LogP contribution in [-0.4, -0.2) is 50.6 Å². The first-order valence-corrected chi connectivity index (χ1v) is 9.47. The van der Waals surface area contributed by atoms with E-state index < -0.39 is 33.9 Å². The van der Waals surface area contributed by atoms with E-state index in [1.165, 1.54) is 0 Å². The number of hydrogen-bond donors (Lipinski definition) is 1. The van der Waals surface area contributed by atoms with E-state index in [0.29, 0.717) is 24.3 Å². The molecule has 1 N–H and O–H groups in total. The van der Waals surface area contributed by atoms with Gasteiger partial charge in [0.05, 0.1) is 29.2 Å². The van der Waals surface area contributed by atoms with Crippen LogP contribution in [0.4, 0.5) is 0 Å². The Morgan fingerprint density at radius 2 is 1.92 bits per heavy atom. The van der Waals surface area contributed by atoms with Crippen LogP contribution in [0.5, 0.6) is 5.75 Å². The number of carbonyl (C=O) groups excluding carboxylic acids is 2. The summed E-state index contributed by atoms with van der Waals surface area (Å²) in [4.78, 5) is 23.8. The molecular formula is C16H21NO6S. The summed E-state index contributed by atoms with van der Waals surface area (Å²) in [7, 11) is -3.12. The molecule has 0 aromatic heterocycles. The molecule has 1 aliphatic heterocycles. The van der Waals surface area contributed by atoms with Gasteiger partial charge in [-0.15, -0.1) is 0 Å². The molecule has 0 unspecified atom stereocenters. The third kappa shape index (κ3) is 4.95. The van der Waals surface area contributed by atoms with Crippen LogP contribution in [-0.2, 0) is 19.4 Å². The highest BCUT2D eigenvalue weighted by Crippen LogP contribution is 2.22. The number of ether oxygens (including phenoxy) is 2. The fourth-order valence-electron chi connectivity index (χ4n) is 2.55. The summed E-state index contributed by atoms with van der Waals surface area (Å²) < 4.78 is 33.2. The minimum atomic E-state index is -3.12. The van der Waals surface area contributed by atoms with Crippen LogP contribution in [0.2, 0.25) is 0 Å². The van der Waals surface area contributed by atoms with Gasteiger partial charge in [0, 0.05) is 0 Å². The van der Waals surface area contributed by atoms with E-state index in [-0.39, 0.29) is 11.5 Å². The van der Waals surface area contributed by atoms with Crippen molar-refractivity contribution in [3.05, 3.63) is 29.8 Å². The molecule has 132 valence electrons. The zero-order valence-electron chi connectivity index (χ0n) is 13.7. The molecule has 2 rings (SSSR count). The van der Waals surface area contributed by atoms with Gasteiger partial charge in [-0.2, -0.15) is 0 Å². The van der Waals surface area contributed by atoms with Crippen molar-refractivity contribution in [1.29, 1.82) is 0 Å². The quantitative estimate of drug-likeness (QED) is 0.763. The SMILES string of the molecule is CCOc1ccc(C(=O)OCC(=O)N[C@]2(C)CCS(=O)(=O)C2)cc1. The lowest BCUT2D eigenvalue weighted by atomic mass is 10.0. The second kappa shape index (κ2) is 7.21. The summed E-state index contributed by atoms with van der Waals surface area (Å²) in [5.74, 6) is -0.553. The smallest absolute Gasteiger partial charge is 0.338 e. The number of sulfone groups is 1. The van der Waals surface area contributed by atoms with Crippen molar-refractivity contribution >= 4 is 21.7 Å². The molecule has 8 heteroatoms. The summed E-state index contributed by atoms with van der Waals surface area (Å²) >= 11 is 0. The molecule has 24 heavy (non-hydrogen) atoms. The number of esters is 1. The van der Waals surface area contributed by atoms with Gasteiger partial charge in [0.15, 0.2) is 16.4 Å². The molecule has 1 amide bonds. The van der Waals surface area contributed by atoms with Crippen molar-refractivity contribution in [3.8, 4) is 5.75 Å². The number of carbonyl (C=O) groups is 2. The second-order valence-corrected chi connectivity index (χ2v) is 8.17. The highest BCUT2D eigenvalue weighted by molar-refractivity contribution is 7.91. The highest BCUT2D eigenvalue weighted by atomic mass is 32.2. The van der Waals surface area contributed by atoms with Crippen LogP contribution in [0.25, 0.3) is 0 Å². The molecule has 7 nitrogen and oxygen atoms in total. The molecule has 0 spiro atoms. The van der Waals surface area contributed by atoms with Crippen molar-refractivity contribution in [2.24, 2.45) is 0 Å². The Bertz CT molecular complexity index is 713. The molecular weight excluding hydrogens is 334 g/mol. The van der Waals surface area contributed by atoms with Gasteiger partial charge >= 0.3 is 5.97 Å². The minimum absolute atomic E-state index is 0.0513. The molecule has 0 aliphatic carbocycles. The largest absolute Gasteiger partial charge is 0.494 e. The van der Waals surface area contributed by atoms with Crippen molar-refractivity contribution in [1.82, 2.24) is 5.32 Å². The van der Waals surface area contributed by atoms with Crippen molar-refractivity contribution in [2.45, 2.75) is 25.8 Å². The van der Waals surface area contributed by atoms with Crippen LogP contribution in [0.15, 0.2) is 24.3 Å². The monoisotopic (exact) mass is 355 g/mol. The summed E-state index contributed by atoms with van der Waals surface area (Å²) in [6, 6.07) is 6.39. The van der Waals surface area contributed by atoms with Crippen LogP contribution < -0.4 is 10.1 Å². The third-order valence-corrected chi connectivity index (χ3v) is 5.58. The van der Waals surface area contributed by atoms with E-state index in [1.54, 1.807) is 31.2 Å². The number of benzene rings is 1.